The second-order valence-corrected chi connectivity index (χ2v) is 9.31. The lowest BCUT2D eigenvalue weighted by molar-refractivity contribution is -0.132. The number of carbonyl (C=O) groups is 1. The molecule has 150 valence electrons. The second-order valence-electron chi connectivity index (χ2n) is 7.38. The monoisotopic (exact) mass is 396 g/mol. The van der Waals surface area contributed by atoms with Crippen molar-refractivity contribution >= 4 is 15.9 Å². The SMILES string of the molecule is CC(C)CCC(=O)N1CCN(S(=O)(=O)c2ccc3c(c2)OCCCO3)CC1. The molecule has 0 atom stereocenters. The van der Waals surface area contributed by atoms with E-state index >= 15 is 0 Å². The molecule has 27 heavy (non-hydrogen) atoms. The summed E-state index contributed by atoms with van der Waals surface area (Å²) in [5.74, 6) is 1.63. The maximum Gasteiger partial charge on any atom is 0.243 e. The van der Waals surface area contributed by atoms with Gasteiger partial charge < -0.3 is 14.4 Å². The van der Waals surface area contributed by atoms with Gasteiger partial charge in [-0.2, -0.15) is 4.31 Å². The molecule has 0 bridgehead atoms. The van der Waals surface area contributed by atoms with Crippen molar-refractivity contribution < 1.29 is 22.7 Å². The highest BCUT2D eigenvalue weighted by Crippen LogP contribution is 2.33. The van der Waals surface area contributed by atoms with Gasteiger partial charge in [-0.3, -0.25) is 4.79 Å². The molecule has 1 amide bonds. The van der Waals surface area contributed by atoms with E-state index in [0.29, 0.717) is 63.2 Å². The molecule has 1 aromatic rings. The van der Waals surface area contributed by atoms with Crippen LogP contribution in [0.4, 0.5) is 0 Å². The largest absolute Gasteiger partial charge is 0.490 e. The Labute approximate surface area is 161 Å². The number of sulfonamides is 1. The predicted octanol–water partition coefficient (Wildman–Crippen LogP) is 2.12. The molecule has 1 fully saturated rings. The zero-order chi connectivity index (χ0) is 19.4. The Morgan fingerprint density at radius 3 is 2.41 bits per heavy atom. The summed E-state index contributed by atoms with van der Waals surface area (Å²) in [5.41, 5.74) is 0. The number of hydrogen-bond donors (Lipinski definition) is 0. The number of nitrogens with zero attached hydrogens (tertiary/aromatic N) is 2. The van der Waals surface area contributed by atoms with Crippen LogP contribution in [-0.2, 0) is 14.8 Å². The third kappa shape index (κ3) is 4.73. The number of benzene rings is 1. The van der Waals surface area contributed by atoms with Crippen molar-refractivity contribution in [3.05, 3.63) is 18.2 Å². The van der Waals surface area contributed by atoms with Crippen LogP contribution in [0.5, 0.6) is 11.5 Å². The Morgan fingerprint density at radius 2 is 1.74 bits per heavy atom. The average molecular weight is 397 g/mol. The summed E-state index contributed by atoms with van der Waals surface area (Å²) in [5, 5.41) is 0. The quantitative estimate of drug-likeness (QED) is 0.762. The Kier molecular flexibility index (Phi) is 6.26. The van der Waals surface area contributed by atoms with E-state index < -0.39 is 10.0 Å². The van der Waals surface area contributed by atoms with Gasteiger partial charge in [-0.1, -0.05) is 13.8 Å². The first-order chi connectivity index (χ1) is 12.9. The first-order valence-corrected chi connectivity index (χ1v) is 11.0. The molecule has 3 rings (SSSR count). The number of piperazine rings is 1. The minimum absolute atomic E-state index is 0.108. The molecule has 0 radical (unpaired) electrons. The van der Waals surface area contributed by atoms with Crippen molar-refractivity contribution in [2.45, 2.75) is 38.0 Å². The van der Waals surface area contributed by atoms with Gasteiger partial charge in [0.1, 0.15) is 0 Å². The summed E-state index contributed by atoms with van der Waals surface area (Å²) in [7, 11) is -3.62. The zero-order valence-electron chi connectivity index (χ0n) is 16.0. The van der Waals surface area contributed by atoms with Crippen LogP contribution in [0, 0.1) is 5.92 Å². The van der Waals surface area contributed by atoms with E-state index in [2.05, 4.69) is 13.8 Å². The predicted molar refractivity (Wildman–Crippen MR) is 101 cm³/mol. The first kappa shape index (κ1) is 19.9. The van der Waals surface area contributed by atoms with Crippen molar-refractivity contribution in [1.82, 2.24) is 9.21 Å². The molecule has 0 aromatic heterocycles. The number of hydrogen-bond acceptors (Lipinski definition) is 5. The third-order valence-electron chi connectivity index (χ3n) is 4.88. The van der Waals surface area contributed by atoms with Gasteiger partial charge >= 0.3 is 0 Å². The normalized spacial score (nSPS) is 18.4. The van der Waals surface area contributed by atoms with Gasteiger partial charge in [0.05, 0.1) is 18.1 Å². The first-order valence-electron chi connectivity index (χ1n) is 9.55. The Hall–Kier alpha value is -1.80. The lowest BCUT2D eigenvalue weighted by Gasteiger charge is -2.34. The molecule has 0 aliphatic carbocycles. The molecular formula is C19H28N2O5S. The van der Waals surface area contributed by atoms with E-state index in [0.717, 1.165) is 12.8 Å². The highest BCUT2D eigenvalue weighted by molar-refractivity contribution is 7.89. The van der Waals surface area contributed by atoms with Crippen molar-refractivity contribution in [3.63, 3.8) is 0 Å². The summed E-state index contributed by atoms with van der Waals surface area (Å²) in [4.78, 5) is 14.2. The van der Waals surface area contributed by atoms with Crippen LogP contribution in [0.2, 0.25) is 0 Å². The minimum Gasteiger partial charge on any atom is -0.490 e. The van der Waals surface area contributed by atoms with Crippen molar-refractivity contribution in [2.24, 2.45) is 5.92 Å². The Balaban J connectivity index is 1.65. The van der Waals surface area contributed by atoms with Crippen LogP contribution in [0.1, 0.15) is 33.1 Å². The molecule has 0 unspecified atom stereocenters. The number of ether oxygens (including phenoxy) is 2. The van der Waals surface area contributed by atoms with Gasteiger partial charge in [-0.15, -0.1) is 0 Å². The third-order valence-corrected chi connectivity index (χ3v) is 6.78. The number of rotatable bonds is 5. The van der Waals surface area contributed by atoms with Crippen LogP contribution in [-0.4, -0.2) is 62.9 Å². The van der Waals surface area contributed by atoms with E-state index in [4.69, 9.17) is 9.47 Å². The van der Waals surface area contributed by atoms with Crippen LogP contribution < -0.4 is 9.47 Å². The van der Waals surface area contributed by atoms with Crippen molar-refractivity contribution in [1.29, 1.82) is 0 Å². The van der Waals surface area contributed by atoms with Gasteiger partial charge in [0.2, 0.25) is 15.9 Å². The molecule has 0 spiro atoms. The lowest BCUT2D eigenvalue weighted by Crippen LogP contribution is -2.50. The van der Waals surface area contributed by atoms with Gasteiger partial charge in [0, 0.05) is 45.1 Å². The molecule has 1 aromatic carbocycles. The Bertz CT molecular complexity index is 770. The van der Waals surface area contributed by atoms with Gasteiger partial charge in [-0.25, -0.2) is 8.42 Å². The summed E-state index contributed by atoms with van der Waals surface area (Å²) in [6.07, 6.45) is 2.14. The fraction of sp³-hybridized carbons (Fsp3) is 0.632. The van der Waals surface area contributed by atoms with Gasteiger partial charge in [0.15, 0.2) is 11.5 Å². The molecule has 2 aliphatic rings. The van der Waals surface area contributed by atoms with Crippen molar-refractivity contribution in [3.8, 4) is 11.5 Å². The van der Waals surface area contributed by atoms with Crippen LogP contribution >= 0.6 is 0 Å². The molecule has 0 saturated carbocycles. The number of fused-ring (bicyclic) bond motifs is 1. The summed E-state index contributed by atoms with van der Waals surface area (Å²) >= 11 is 0. The second kappa shape index (κ2) is 8.48. The van der Waals surface area contributed by atoms with E-state index in [-0.39, 0.29) is 10.8 Å². The smallest absolute Gasteiger partial charge is 0.243 e. The van der Waals surface area contributed by atoms with Crippen LogP contribution in [0.15, 0.2) is 23.1 Å². The van der Waals surface area contributed by atoms with Crippen molar-refractivity contribution in [2.75, 3.05) is 39.4 Å². The molecule has 1 saturated heterocycles. The topological polar surface area (TPSA) is 76.2 Å². The van der Waals surface area contributed by atoms with E-state index in [1.165, 1.54) is 10.4 Å². The van der Waals surface area contributed by atoms with Gasteiger partial charge in [-0.05, 0) is 24.5 Å². The summed E-state index contributed by atoms with van der Waals surface area (Å²) < 4.78 is 38.6. The van der Waals surface area contributed by atoms with E-state index in [1.807, 2.05) is 0 Å². The molecule has 2 heterocycles. The molecule has 0 N–H and O–H groups in total. The average Bonchev–Trinajstić information content (AvgIpc) is 2.91. The molecule has 2 aliphatic heterocycles. The highest BCUT2D eigenvalue weighted by atomic mass is 32.2. The fourth-order valence-electron chi connectivity index (χ4n) is 3.20. The number of amides is 1. The zero-order valence-corrected chi connectivity index (χ0v) is 16.8. The highest BCUT2D eigenvalue weighted by Gasteiger charge is 2.30. The van der Waals surface area contributed by atoms with Crippen LogP contribution in [0.3, 0.4) is 0 Å². The standard InChI is InChI=1S/C19H28N2O5S/c1-15(2)4-7-19(22)20-8-10-21(11-9-20)27(23,24)16-5-6-17-18(14-16)26-13-3-12-25-17/h5-6,14-15H,3-4,7-13H2,1-2H3. The summed E-state index contributed by atoms with van der Waals surface area (Å²) in [6, 6.07) is 4.75. The fourth-order valence-corrected chi connectivity index (χ4v) is 4.64. The van der Waals surface area contributed by atoms with E-state index in [1.54, 1.807) is 17.0 Å². The maximum absolute atomic E-state index is 13.0. The number of carbonyl (C=O) groups excluding carboxylic acids is 1. The summed E-state index contributed by atoms with van der Waals surface area (Å²) in [6.45, 7) is 6.73. The van der Waals surface area contributed by atoms with Crippen LogP contribution in [0.25, 0.3) is 0 Å². The maximum atomic E-state index is 13.0. The molecule has 8 heteroatoms. The molecule has 7 nitrogen and oxygen atoms in total. The minimum atomic E-state index is -3.62. The van der Waals surface area contributed by atoms with Gasteiger partial charge in [0.25, 0.3) is 0 Å². The Morgan fingerprint density at radius 1 is 1.07 bits per heavy atom. The van der Waals surface area contributed by atoms with E-state index in [9.17, 15) is 13.2 Å². The lowest BCUT2D eigenvalue weighted by atomic mass is 10.1. The molecular weight excluding hydrogens is 368 g/mol.